The Morgan fingerprint density at radius 1 is 0.303 bits per heavy atom. The minimum Gasteiger partial charge on any atom is -0.462 e. The molecule has 0 rings (SSSR count). The molecule has 66 heavy (non-hydrogen) atoms. The second-order valence-corrected chi connectivity index (χ2v) is 17.8. The van der Waals surface area contributed by atoms with Crippen molar-refractivity contribution in [1.29, 1.82) is 0 Å². The van der Waals surface area contributed by atoms with Crippen molar-refractivity contribution in [3.8, 4) is 0 Å². The molecule has 0 aromatic carbocycles. The summed E-state index contributed by atoms with van der Waals surface area (Å²) in [7, 11) is 0. The van der Waals surface area contributed by atoms with Gasteiger partial charge < -0.3 is 14.2 Å². The van der Waals surface area contributed by atoms with Crippen LogP contribution in [0.4, 0.5) is 0 Å². The third-order valence-corrected chi connectivity index (χ3v) is 11.3. The van der Waals surface area contributed by atoms with Crippen molar-refractivity contribution < 1.29 is 28.6 Å². The van der Waals surface area contributed by atoms with Crippen molar-refractivity contribution in [2.24, 2.45) is 0 Å². The molecule has 0 amide bonds. The molecule has 0 aromatic heterocycles. The minimum absolute atomic E-state index is 0.106. The molecular formula is C60H100O6. The van der Waals surface area contributed by atoms with Crippen molar-refractivity contribution in [2.75, 3.05) is 13.2 Å². The third-order valence-electron chi connectivity index (χ3n) is 11.3. The lowest BCUT2D eigenvalue weighted by molar-refractivity contribution is -0.167. The molecule has 0 aliphatic heterocycles. The molecule has 0 aliphatic carbocycles. The molecule has 1 atom stereocenters. The van der Waals surface area contributed by atoms with Gasteiger partial charge in [0.1, 0.15) is 13.2 Å². The van der Waals surface area contributed by atoms with E-state index in [0.717, 1.165) is 103 Å². The number of esters is 3. The molecule has 0 aliphatic rings. The van der Waals surface area contributed by atoms with Gasteiger partial charge in [0.25, 0.3) is 0 Å². The number of carbonyl (C=O) groups is 3. The van der Waals surface area contributed by atoms with E-state index >= 15 is 0 Å². The van der Waals surface area contributed by atoms with E-state index in [9.17, 15) is 14.4 Å². The highest BCUT2D eigenvalue weighted by atomic mass is 16.6. The highest BCUT2D eigenvalue weighted by Gasteiger charge is 2.19. The summed E-state index contributed by atoms with van der Waals surface area (Å²) in [5.41, 5.74) is 0. The molecule has 0 radical (unpaired) electrons. The van der Waals surface area contributed by atoms with Crippen LogP contribution in [-0.4, -0.2) is 37.2 Å². The molecule has 0 bridgehead atoms. The average Bonchev–Trinajstić information content (AvgIpc) is 3.31. The Morgan fingerprint density at radius 3 is 0.955 bits per heavy atom. The Labute approximate surface area is 407 Å². The normalized spacial score (nSPS) is 12.8. The molecule has 6 nitrogen and oxygen atoms in total. The van der Waals surface area contributed by atoms with E-state index in [1.165, 1.54) is 96.3 Å². The van der Waals surface area contributed by atoms with Crippen LogP contribution in [0, 0.1) is 0 Å². The Kier molecular flexibility index (Phi) is 50.9. The first-order chi connectivity index (χ1) is 32.5. The third kappa shape index (κ3) is 51.3. The van der Waals surface area contributed by atoms with E-state index in [0.29, 0.717) is 19.3 Å². The molecule has 6 heteroatoms. The van der Waals surface area contributed by atoms with Crippen molar-refractivity contribution >= 4 is 17.9 Å². The first-order valence-electron chi connectivity index (χ1n) is 27.2. The van der Waals surface area contributed by atoms with Gasteiger partial charge in [-0.05, 0) is 116 Å². The van der Waals surface area contributed by atoms with Gasteiger partial charge in [-0.15, -0.1) is 0 Å². The van der Waals surface area contributed by atoms with Crippen molar-refractivity contribution in [1.82, 2.24) is 0 Å². The van der Waals surface area contributed by atoms with Crippen LogP contribution >= 0.6 is 0 Å². The largest absolute Gasteiger partial charge is 0.462 e. The van der Waals surface area contributed by atoms with Gasteiger partial charge >= 0.3 is 17.9 Å². The fraction of sp³-hybridized carbons (Fsp3) is 0.683. The van der Waals surface area contributed by atoms with Crippen LogP contribution in [0.3, 0.4) is 0 Å². The summed E-state index contributed by atoms with van der Waals surface area (Å²) in [4.78, 5) is 38.1. The van der Waals surface area contributed by atoms with Crippen molar-refractivity contribution in [2.45, 2.75) is 252 Å². The fourth-order valence-electron chi connectivity index (χ4n) is 7.13. The lowest BCUT2D eigenvalue weighted by atomic mass is 10.1. The number of hydrogen-bond acceptors (Lipinski definition) is 6. The Morgan fingerprint density at radius 2 is 0.576 bits per heavy atom. The standard InChI is InChI=1S/C60H100O6/c1-4-7-10-13-16-19-22-25-28-30-32-35-38-41-44-47-50-53-59(62)65-56-57(55-64-58(61)52-49-46-43-40-37-34-27-24-21-18-15-12-9-6-3)66-60(63)54-51-48-45-42-39-36-33-31-29-26-23-20-17-14-11-8-5-2/h15-20,24-29,32,35,41,44,57H,4-14,21-23,30-31,33-34,36-40,42-43,45-56H2,1-3H3/b18-15+,19-16+,20-17+,27-24+,28-25+,29-26+,35-32+,44-41+/t57-/m1/s1. The highest BCUT2D eigenvalue weighted by molar-refractivity contribution is 5.71. The number of hydrogen-bond donors (Lipinski definition) is 0. The minimum atomic E-state index is -0.810. The Bertz CT molecular complexity index is 1330. The zero-order chi connectivity index (χ0) is 47.9. The van der Waals surface area contributed by atoms with Crippen LogP contribution in [0.2, 0.25) is 0 Å². The lowest BCUT2D eigenvalue weighted by Crippen LogP contribution is -2.30. The number of unbranched alkanes of at least 4 members (excludes halogenated alkanes) is 21. The van der Waals surface area contributed by atoms with E-state index in [-0.39, 0.29) is 37.5 Å². The van der Waals surface area contributed by atoms with Crippen LogP contribution in [-0.2, 0) is 28.6 Å². The van der Waals surface area contributed by atoms with E-state index in [1.54, 1.807) is 0 Å². The first-order valence-corrected chi connectivity index (χ1v) is 27.2. The summed E-state index contributed by atoms with van der Waals surface area (Å²) in [6.07, 6.45) is 71.0. The summed E-state index contributed by atoms with van der Waals surface area (Å²) < 4.78 is 16.8. The molecule has 376 valence electrons. The topological polar surface area (TPSA) is 78.9 Å². The molecule has 0 saturated carbocycles. The van der Waals surface area contributed by atoms with Gasteiger partial charge in [-0.2, -0.15) is 0 Å². The maximum absolute atomic E-state index is 12.8. The molecular weight excluding hydrogens is 817 g/mol. The Hall–Kier alpha value is -3.67. The quantitative estimate of drug-likeness (QED) is 0.0262. The first kappa shape index (κ1) is 62.3. The van der Waals surface area contributed by atoms with Gasteiger partial charge in [0.15, 0.2) is 6.10 Å². The molecule has 0 heterocycles. The van der Waals surface area contributed by atoms with Crippen LogP contribution < -0.4 is 0 Å². The molecule has 0 aromatic rings. The predicted octanol–water partition coefficient (Wildman–Crippen LogP) is 18.1. The monoisotopic (exact) mass is 917 g/mol. The van der Waals surface area contributed by atoms with Crippen molar-refractivity contribution in [3.05, 3.63) is 97.2 Å². The zero-order valence-corrected chi connectivity index (χ0v) is 42.9. The van der Waals surface area contributed by atoms with Gasteiger partial charge in [0.2, 0.25) is 0 Å². The molecule has 0 spiro atoms. The summed E-state index contributed by atoms with van der Waals surface area (Å²) in [5, 5.41) is 0. The zero-order valence-electron chi connectivity index (χ0n) is 42.9. The van der Waals surface area contributed by atoms with E-state index < -0.39 is 6.10 Å². The summed E-state index contributed by atoms with van der Waals surface area (Å²) in [6.45, 7) is 6.48. The van der Waals surface area contributed by atoms with E-state index in [4.69, 9.17) is 14.2 Å². The van der Waals surface area contributed by atoms with Gasteiger partial charge in [0.05, 0.1) is 0 Å². The number of ether oxygens (including phenoxy) is 3. The van der Waals surface area contributed by atoms with Crippen molar-refractivity contribution in [3.63, 3.8) is 0 Å². The molecule has 0 saturated heterocycles. The number of carbonyl (C=O) groups excluding carboxylic acids is 3. The predicted molar refractivity (Wildman–Crippen MR) is 284 cm³/mol. The van der Waals surface area contributed by atoms with Crippen LogP contribution in [0.1, 0.15) is 245 Å². The van der Waals surface area contributed by atoms with Gasteiger partial charge in [-0.1, -0.05) is 208 Å². The number of allylic oxidation sites excluding steroid dienone is 16. The van der Waals surface area contributed by atoms with E-state index in [1.807, 2.05) is 0 Å². The van der Waals surface area contributed by atoms with Crippen LogP contribution in [0.15, 0.2) is 97.2 Å². The second kappa shape index (κ2) is 53.9. The lowest BCUT2D eigenvalue weighted by Gasteiger charge is -2.18. The summed E-state index contributed by atoms with van der Waals surface area (Å²) in [6, 6.07) is 0. The fourth-order valence-corrected chi connectivity index (χ4v) is 7.13. The van der Waals surface area contributed by atoms with E-state index in [2.05, 4.69) is 118 Å². The Balaban J connectivity index is 4.51. The van der Waals surface area contributed by atoms with Gasteiger partial charge in [-0.3, -0.25) is 14.4 Å². The van der Waals surface area contributed by atoms with Crippen LogP contribution in [0.5, 0.6) is 0 Å². The molecule has 0 fully saturated rings. The maximum atomic E-state index is 12.8. The molecule has 0 N–H and O–H groups in total. The highest BCUT2D eigenvalue weighted by Crippen LogP contribution is 2.13. The molecule has 0 unspecified atom stereocenters. The summed E-state index contributed by atoms with van der Waals surface area (Å²) in [5.74, 6) is -0.986. The van der Waals surface area contributed by atoms with Gasteiger partial charge in [-0.25, -0.2) is 0 Å². The van der Waals surface area contributed by atoms with Crippen LogP contribution in [0.25, 0.3) is 0 Å². The number of rotatable bonds is 48. The SMILES string of the molecule is CCCC/C=C/C/C=C/CCCCCCCC(=O)OC[C@H](COC(=O)CCC/C=C/C/C=C/C/C=C/C/C=C/CCCCC)OC(=O)CCCCCCCCC/C=C/C/C=C/CCCCC. The summed E-state index contributed by atoms with van der Waals surface area (Å²) >= 11 is 0. The smallest absolute Gasteiger partial charge is 0.306 e. The van der Waals surface area contributed by atoms with Gasteiger partial charge in [0, 0.05) is 19.3 Å². The average molecular weight is 917 g/mol. The maximum Gasteiger partial charge on any atom is 0.306 e. The second-order valence-electron chi connectivity index (χ2n) is 17.8.